The largest absolute Gasteiger partial charge is 0.508 e. The van der Waals surface area contributed by atoms with Crippen molar-refractivity contribution in [1.82, 2.24) is 26.2 Å². The molecule has 0 spiro atoms. The quantitative estimate of drug-likeness (QED) is 0.0920. The third kappa shape index (κ3) is 12.2. The molecule has 1 fully saturated rings. The zero-order chi connectivity index (χ0) is 35.9. The molecule has 0 aliphatic carbocycles. The van der Waals surface area contributed by atoms with Crippen LogP contribution in [0, 0.1) is 0 Å². The van der Waals surface area contributed by atoms with E-state index in [4.69, 9.17) is 11.5 Å². The normalized spacial score (nSPS) is 16.5. The Bertz CT molecular complexity index is 1440. The molecule has 0 unspecified atom stereocenters. The zero-order valence-corrected chi connectivity index (χ0v) is 27.6. The summed E-state index contributed by atoms with van der Waals surface area (Å²) < 4.78 is 0. The number of hydrogen-bond acceptors (Lipinski definition) is 9. The number of aliphatic carboxylic acids is 1. The molecule has 1 saturated heterocycles. The Balaban J connectivity index is 1.63. The van der Waals surface area contributed by atoms with E-state index in [2.05, 4.69) is 21.3 Å². The highest BCUT2D eigenvalue weighted by Gasteiger charge is 2.38. The van der Waals surface area contributed by atoms with Crippen molar-refractivity contribution >= 4 is 35.5 Å². The summed E-state index contributed by atoms with van der Waals surface area (Å²) in [5.41, 5.74) is 12.7. The van der Waals surface area contributed by atoms with Crippen LogP contribution >= 0.6 is 0 Å². The SMILES string of the molecule is C[C@H](N)C(=O)N[C@@H](Cc1ccc(O)cc1)C(=O)N1CCC[C@H]1C(=O)NCC(=O)N[C@@H](CCCCN)C(=O)N[C@@H](Cc1ccccc1)C(=O)O. The minimum Gasteiger partial charge on any atom is -0.508 e. The number of amides is 5. The van der Waals surface area contributed by atoms with Crippen LogP contribution in [0.5, 0.6) is 5.75 Å². The second-order valence-corrected chi connectivity index (χ2v) is 12.1. The van der Waals surface area contributed by atoms with Crippen molar-refractivity contribution in [3.63, 3.8) is 0 Å². The van der Waals surface area contributed by atoms with Crippen LogP contribution in [0.4, 0.5) is 0 Å². The number of benzene rings is 2. The van der Waals surface area contributed by atoms with Crippen LogP contribution in [0.1, 0.15) is 50.2 Å². The number of phenolic OH excluding ortho intramolecular Hbond substituents is 1. The maximum absolute atomic E-state index is 13.7. The van der Waals surface area contributed by atoms with E-state index in [9.17, 15) is 39.0 Å². The summed E-state index contributed by atoms with van der Waals surface area (Å²) in [6.07, 6.45) is 2.24. The predicted octanol–water partition coefficient (Wildman–Crippen LogP) is -0.700. The van der Waals surface area contributed by atoms with Gasteiger partial charge in [0.05, 0.1) is 12.6 Å². The number of carbonyl (C=O) groups excluding carboxylic acids is 5. The smallest absolute Gasteiger partial charge is 0.326 e. The fourth-order valence-electron chi connectivity index (χ4n) is 5.49. The van der Waals surface area contributed by atoms with Gasteiger partial charge < -0.3 is 47.8 Å². The number of nitrogens with zero attached hydrogens (tertiary/aromatic N) is 1. The van der Waals surface area contributed by atoms with Crippen molar-refractivity contribution < 1.29 is 39.0 Å². The van der Waals surface area contributed by atoms with Gasteiger partial charge in [0, 0.05) is 19.4 Å². The van der Waals surface area contributed by atoms with Gasteiger partial charge in [-0.2, -0.15) is 0 Å². The summed E-state index contributed by atoms with van der Waals surface area (Å²) in [5.74, 6) is -4.17. The highest BCUT2D eigenvalue weighted by Crippen LogP contribution is 2.20. The van der Waals surface area contributed by atoms with Gasteiger partial charge in [-0.05, 0) is 68.8 Å². The Hall–Kier alpha value is -5.02. The van der Waals surface area contributed by atoms with Crippen molar-refractivity contribution in [3.8, 4) is 5.75 Å². The van der Waals surface area contributed by atoms with E-state index < -0.39 is 72.3 Å². The second kappa shape index (κ2) is 19.1. The predicted molar refractivity (Wildman–Crippen MR) is 180 cm³/mol. The molecule has 2 aromatic rings. The lowest BCUT2D eigenvalue weighted by Gasteiger charge is -2.29. The van der Waals surface area contributed by atoms with Gasteiger partial charge in [-0.1, -0.05) is 42.5 Å². The second-order valence-electron chi connectivity index (χ2n) is 12.1. The average Bonchev–Trinajstić information content (AvgIpc) is 3.57. The third-order valence-electron chi connectivity index (χ3n) is 8.16. The van der Waals surface area contributed by atoms with E-state index in [-0.39, 0.29) is 31.6 Å². The van der Waals surface area contributed by atoms with Crippen LogP contribution in [-0.2, 0) is 41.6 Å². The number of nitrogens with two attached hydrogens (primary N) is 2. The van der Waals surface area contributed by atoms with Crippen LogP contribution < -0.4 is 32.7 Å². The number of carboxylic acids is 1. The van der Waals surface area contributed by atoms with Gasteiger partial charge in [0.15, 0.2) is 0 Å². The van der Waals surface area contributed by atoms with Gasteiger partial charge >= 0.3 is 5.97 Å². The maximum atomic E-state index is 13.7. The van der Waals surface area contributed by atoms with Gasteiger partial charge in [0.25, 0.3) is 0 Å². The molecule has 49 heavy (non-hydrogen) atoms. The van der Waals surface area contributed by atoms with Gasteiger partial charge in [-0.25, -0.2) is 4.79 Å². The zero-order valence-electron chi connectivity index (χ0n) is 27.6. The monoisotopic (exact) mass is 681 g/mol. The topological polar surface area (TPSA) is 246 Å². The Morgan fingerprint density at radius 3 is 2.12 bits per heavy atom. The van der Waals surface area contributed by atoms with Crippen LogP contribution in [0.3, 0.4) is 0 Å². The van der Waals surface area contributed by atoms with Crippen molar-refractivity contribution in [2.24, 2.45) is 11.5 Å². The van der Waals surface area contributed by atoms with Crippen LogP contribution in [0.25, 0.3) is 0 Å². The van der Waals surface area contributed by atoms with Crippen molar-refractivity contribution in [1.29, 1.82) is 0 Å². The van der Waals surface area contributed by atoms with E-state index in [1.165, 1.54) is 24.0 Å². The molecular formula is C34H47N7O8. The maximum Gasteiger partial charge on any atom is 0.326 e. The number of carboxylic acid groups (broad SMARTS) is 1. The Morgan fingerprint density at radius 2 is 1.49 bits per heavy atom. The lowest BCUT2D eigenvalue weighted by atomic mass is 10.0. The number of nitrogens with one attached hydrogen (secondary N) is 4. The van der Waals surface area contributed by atoms with Crippen molar-refractivity contribution in [2.75, 3.05) is 19.6 Å². The van der Waals surface area contributed by atoms with Crippen molar-refractivity contribution in [2.45, 2.75) is 82.1 Å². The number of carbonyl (C=O) groups is 6. The Morgan fingerprint density at radius 1 is 0.857 bits per heavy atom. The Kier molecular flexibility index (Phi) is 15.0. The number of aromatic hydroxyl groups is 1. The fourth-order valence-corrected chi connectivity index (χ4v) is 5.49. The van der Waals surface area contributed by atoms with Crippen LogP contribution in [0.2, 0.25) is 0 Å². The molecule has 1 heterocycles. The van der Waals surface area contributed by atoms with E-state index >= 15 is 0 Å². The molecule has 15 nitrogen and oxygen atoms in total. The first-order valence-corrected chi connectivity index (χ1v) is 16.4. The first-order valence-electron chi connectivity index (χ1n) is 16.4. The molecule has 0 saturated carbocycles. The van der Waals surface area contributed by atoms with Gasteiger partial charge in [-0.3, -0.25) is 24.0 Å². The molecule has 5 amide bonds. The van der Waals surface area contributed by atoms with E-state index in [0.717, 1.165) is 0 Å². The molecule has 2 aromatic carbocycles. The summed E-state index contributed by atoms with van der Waals surface area (Å²) in [6, 6.07) is 9.83. The summed E-state index contributed by atoms with van der Waals surface area (Å²) in [6.45, 7) is 1.60. The molecule has 5 atom stereocenters. The first kappa shape index (κ1) is 38.4. The van der Waals surface area contributed by atoms with Crippen LogP contribution in [-0.4, -0.2) is 100 Å². The summed E-state index contributed by atoms with van der Waals surface area (Å²) >= 11 is 0. The standard InChI is InChI=1S/C34H47N7O8/c1-21(36)30(44)39-26(18-23-12-14-24(42)15-13-23)33(47)41-17-7-11-28(41)32(46)37-20-29(43)38-25(10-5-6-16-35)31(45)40-27(34(48)49)19-22-8-3-2-4-9-22/h2-4,8-9,12-15,21,25-28,42H,5-7,10-11,16-20,35-36H2,1H3,(H,37,46)(H,38,43)(H,39,44)(H,40,45)(H,48,49)/t21-,25-,26-,27-,28-/m0/s1. The number of unbranched alkanes of at least 4 members (excludes halogenated alkanes) is 1. The first-order chi connectivity index (χ1) is 23.4. The number of likely N-dealkylation sites (tertiary alicyclic amines) is 1. The molecule has 266 valence electrons. The molecule has 10 N–H and O–H groups in total. The summed E-state index contributed by atoms with van der Waals surface area (Å²) in [4.78, 5) is 78.8. The highest BCUT2D eigenvalue weighted by atomic mass is 16.4. The van der Waals surface area contributed by atoms with Gasteiger partial charge in [0.1, 0.15) is 29.9 Å². The molecule has 0 bridgehead atoms. The molecule has 3 rings (SSSR count). The molecule has 0 radical (unpaired) electrons. The summed E-state index contributed by atoms with van der Waals surface area (Å²) in [5, 5.41) is 29.6. The molecule has 1 aliphatic heterocycles. The number of hydrogen-bond donors (Lipinski definition) is 8. The third-order valence-corrected chi connectivity index (χ3v) is 8.16. The lowest BCUT2D eigenvalue weighted by Crippen LogP contribution is -2.57. The molecule has 1 aliphatic rings. The average molecular weight is 682 g/mol. The lowest BCUT2D eigenvalue weighted by molar-refractivity contribution is -0.142. The number of rotatable bonds is 18. The summed E-state index contributed by atoms with van der Waals surface area (Å²) in [7, 11) is 0. The molecule has 15 heteroatoms. The number of phenols is 1. The Labute approximate surface area is 285 Å². The van der Waals surface area contributed by atoms with Gasteiger partial charge in [0.2, 0.25) is 29.5 Å². The molecular weight excluding hydrogens is 634 g/mol. The van der Waals surface area contributed by atoms with Crippen LogP contribution in [0.15, 0.2) is 54.6 Å². The van der Waals surface area contributed by atoms with Gasteiger partial charge in [-0.15, -0.1) is 0 Å². The molecule has 0 aromatic heterocycles. The minimum atomic E-state index is -1.23. The van der Waals surface area contributed by atoms with E-state index in [1.54, 1.807) is 42.5 Å². The fraction of sp³-hybridized carbons (Fsp3) is 0.471. The van der Waals surface area contributed by atoms with E-state index in [1.807, 2.05) is 0 Å². The van der Waals surface area contributed by atoms with Crippen molar-refractivity contribution in [3.05, 3.63) is 65.7 Å². The highest BCUT2D eigenvalue weighted by molar-refractivity contribution is 5.95. The minimum absolute atomic E-state index is 0.0431. The van der Waals surface area contributed by atoms with E-state index in [0.29, 0.717) is 43.4 Å².